The molecule has 4 nitrogen and oxygen atoms in total. The Morgan fingerprint density at radius 2 is 1.93 bits per heavy atom. The largest absolute Gasteiger partial charge is 0.483 e. The van der Waals surface area contributed by atoms with Crippen molar-refractivity contribution in [1.82, 2.24) is 9.88 Å². The Hall–Kier alpha value is -2.43. The Labute approximate surface area is 166 Å². The summed E-state index contributed by atoms with van der Waals surface area (Å²) in [5.74, 6) is 0.915. The summed E-state index contributed by atoms with van der Waals surface area (Å²) in [7, 11) is 0. The number of aryl methyl sites for hydroxylation is 1. The molecule has 1 saturated heterocycles. The maximum absolute atomic E-state index is 6.77. The van der Waals surface area contributed by atoms with Gasteiger partial charge in [-0.1, -0.05) is 30.3 Å². The molecule has 4 heteroatoms. The smallest absolute Gasteiger partial charge is 0.139 e. The van der Waals surface area contributed by atoms with E-state index in [1.807, 2.05) is 24.4 Å². The summed E-state index contributed by atoms with van der Waals surface area (Å²) < 4.78 is 6.77. The van der Waals surface area contributed by atoms with Gasteiger partial charge in [-0.2, -0.15) is 0 Å². The molecule has 0 unspecified atom stereocenters. The summed E-state index contributed by atoms with van der Waals surface area (Å²) in [6.07, 6.45) is 6.35. The molecule has 3 aromatic rings. The fourth-order valence-corrected chi connectivity index (χ4v) is 4.87. The van der Waals surface area contributed by atoms with Crippen LogP contribution in [0.25, 0.3) is 10.9 Å². The zero-order chi connectivity index (χ0) is 18.9. The molecule has 0 bridgehead atoms. The third-order valence-electron chi connectivity index (χ3n) is 6.24. The molecule has 2 heterocycles. The molecule has 1 fully saturated rings. The van der Waals surface area contributed by atoms with Gasteiger partial charge < -0.3 is 10.5 Å². The van der Waals surface area contributed by atoms with E-state index in [1.54, 1.807) is 0 Å². The van der Waals surface area contributed by atoms with Gasteiger partial charge in [0.1, 0.15) is 11.9 Å². The van der Waals surface area contributed by atoms with Crippen molar-refractivity contribution in [3.8, 4) is 5.75 Å². The number of pyridine rings is 1. The molecule has 0 radical (unpaired) electrons. The summed E-state index contributed by atoms with van der Waals surface area (Å²) in [6.45, 7) is 2.07. The lowest BCUT2D eigenvalue weighted by Crippen LogP contribution is -2.51. The predicted octanol–water partition coefficient (Wildman–Crippen LogP) is 4.09. The van der Waals surface area contributed by atoms with Crippen LogP contribution in [-0.4, -0.2) is 35.1 Å². The second-order valence-electron chi connectivity index (χ2n) is 8.07. The summed E-state index contributed by atoms with van der Waals surface area (Å²) in [4.78, 5) is 7.06. The van der Waals surface area contributed by atoms with E-state index < -0.39 is 0 Å². The number of benzene rings is 2. The quantitative estimate of drug-likeness (QED) is 0.751. The first-order valence-electron chi connectivity index (χ1n) is 10.4. The van der Waals surface area contributed by atoms with Crippen molar-refractivity contribution in [3.63, 3.8) is 0 Å². The van der Waals surface area contributed by atoms with Gasteiger partial charge in [0, 0.05) is 24.2 Å². The molecule has 28 heavy (non-hydrogen) atoms. The first-order chi connectivity index (χ1) is 13.8. The minimum Gasteiger partial charge on any atom is -0.483 e. The zero-order valence-electron chi connectivity index (χ0n) is 16.1. The molecule has 5 rings (SSSR count). The summed E-state index contributed by atoms with van der Waals surface area (Å²) >= 11 is 0. The SMILES string of the molecule is N[C@@H]1CCCN([C@H]2CCc3ccccc3[C@@H]2Oc2cccc3ncccc23)C1. The van der Waals surface area contributed by atoms with E-state index in [4.69, 9.17) is 10.5 Å². The molecular formula is C24H27N3O. The van der Waals surface area contributed by atoms with E-state index in [0.29, 0.717) is 6.04 Å². The van der Waals surface area contributed by atoms with E-state index in [0.717, 1.165) is 49.0 Å². The average Bonchev–Trinajstić information content (AvgIpc) is 2.74. The fraction of sp³-hybridized carbons (Fsp3) is 0.375. The predicted molar refractivity (Wildman–Crippen MR) is 112 cm³/mol. The van der Waals surface area contributed by atoms with Crippen LogP contribution in [0.1, 0.15) is 36.5 Å². The van der Waals surface area contributed by atoms with Gasteiger partial charge in [-0.05, 0) is 67.6 Å². The lowest BCUT2D eigenvalue weighted by molar-refractivity contribution is 0.0375. The highest BCUT2D eigenvalue weighted by Gasteiger charge is 2.36. The molecular weight excluding hydrogens is 346 g/mol. The highest BCUT2D eigenvalue weighted by Crippen LogP contribution is 2.39. The molecule has 0 amide bonds. The Balaban J connectivity index is 1.54. The van der Waals surface area contributed by atoms with Gasteiger partial charge in [-0.25, -0.2) is 0 Å². The second-order valence-corrected chi connectivity index (χ2v) is 8.07. The van der Waals surface area contributed by atoms with Crippen LogP contribution in [0.5, 0.6) is 5.75 Å². The van der Waals surface area contributed by atoms with E-state index in [-0.39, 0.29) is 12.1 Å². The second kappa shape index (κ2) is 7.53. The number of hydrogen-bond acceptors (Lipinski definition) is 4. The molecule has 1 aliphatic carbocycles. The molecule has 2 N–H and O–H groups in total. The normalized spacial score (nSPS) is 25.4. The van der Waals surface area contributed by atoms with Crippen LogP contribution in [0.3, 0.4) is 0 Å². The van der Waals surface area contributed by atoms with Gasteiger partial charge in [0.05, 0.1) is 11.6 Å². The average molecular weight is 374 g/mol. The number of rotatable bonds is 3. The standard InChI is InChI=1S/C24H27N3O/c25-18-7-5-15-27(16-18)22-13-12-17-6-1-2-8-19(17)24(22)28-23-11-3-10-21-20(23)9-4-14-26-21/h1-4,6,8-11,14,18,22,24H,5,7,12-13,15-16,25H2/t18-,22+,24+/m1/s1. The summed E-state index contributed by atoms with van der Waals surface area (Å²) in [5.41, 5.74) is 10.0. The number of piperidine rings is 1. The Morgan fingerprint density at radius 1 is 1.00 bits per heavy atom. The van der Waals surface area contributed by atoms with Gasteiger partial charge in [0.15, 0.2) is 0 Å². The number of nitrogens with zero attached hydrogens (tertiary/aromatic N) is 2. The van der Waals surface area contributed by atoms with Crippen molar-refractivity contribution < 1.29 is 4.74 Å². The van der Waals surface area contributed by atoms with Crippen LogP contribution >= 0.6 is 0 Å². The van der Waals surface area contributed by atoms with Crippen LogP contribution in [0, 0.1) is 0 Å². The van der Waals surface area contributed by atoms with E-state index in [9.17, 15) is 0 Å². The number of aromatic nitrogens is 1. The lowest BCUT2D eigenvalue weighted by Gasteiger charge is -2.43. The van der Waals surface area contributed by atoms with Gasteiger partial charge in [0.25, 0.3) is 0 Å². The zero-order valence-corrected chi connectivity index (χ0v) is 16.1. The maximum Gasteiger partial charge on any atom is 0.139 e. The fourth-order valence-electron chi connectivity index (χ4n) is 4.87. The topological polar surface area (TPSA) is 51.4 Å². The highest BCUT2D eigenvalue weighted by atomic mass is 16.5. The monoisotopic (exact) mass is 373 g/mol. The van der Waals surface area contributed by atoms with Crippen LogP contribution < -0.4 is 10.5 Å². The highest BCUT2D eigenvalue weighted by molar-refractivity contribution is 5.84. The van der Waals surface area contributed by atoms with Crippen LogP contribution in [0.15, 0.2) is 60.8 Å². The number of likely N-dealkylation sites (tertiary alicyclic amines) is 1. The molecule has 0 saturated carbocycles. The Morgan fingerprint density at radius 3 is 2.86 bits per heavy atom. The van der Waals surface area contributed by atoms with Gasteiger partial charge in [0.2, 0.25) is 0 Å². The van der Waals surface area contributed by atoms with Crippen molar-refractivity contribution in [2.45, 2.75) is 43.9 Å². The molecule has 0 spiro atoms. The van der Waals surface area contributed by atoms with Crippen molar-refractivity contribution >= 4 is 10.9 Å². The summed E-state index contributed by atoms with van der Waals surface area (Å²) in [5, 5.41) is 1.07. The minimum atomic E-state index is 0.0149. The van der Waals surface area contributed by atoms with Crippen molar-refractivity contribution in [2.24, 2.45) is 5.73 Å². The minimum absolute atomic E-state index is 0.0149. The van der Waals surface area contributed by atoms with Crippen molar-refractivity contribution in [1.29, 1.82) is 0 Å². The molecule has 2 aliphatic rings. The third-order valence-corrected chi connectivity index (χ3v) is 6.24. The maximum atomic E-state index is 6.77. The van der Waals surface area contributed by atoms with Crippen molar-refractivity contribution in [2.75, 3.05) is 13.1 Å². The number of nitrogens with two attached hydrogens (primary N) is 1. The van der Waals surface area contributed by atoms with Crippen LogP contribution in [0.2, 0.25) is 0 Å². The van der Waals surface area contributed by atoms with Crippen LogP contribution in [-0.2, 0) is 6.42 Å². The lowest BCUT2D eigenvalue weighted by atomic mass is 9.84. The van der Waals surface area contributed by atoms with Gasteiger partial charge in [-0.3, -0.25) is 9.88 Å². The van der Waals surface area contributed by atoms with Gasteiger partial charge in [-0.15, -0.1) is 0 Å². The van der Waals surface area contributed by atoms with Crippen molar-refractivity contribution in [3.05, 3.63) is 71.9 Å². The van der Waals surface area contributed by atoms with E-state index in [1.165, 1.54) is 17.5 Å². The molecule has 144 valence electrons. The van der Waals surface area contributed by atoms with Gasteiger partial charge >= 0.3 is 0 Å². The summed E-state index contributed by atoms with van der Waals surface area (Å²) in [6, 6.07) is 19.6. The third kappa shape index (κ3) is 3.27. The number of hydrogen-bond donors (Lipinski definition) is 1. The van der Waals surface area contributed by atoms with Crippen LogP contribution in [0.4, 0.5) is 0 Å². The molecule has 1 aliphatic heterocycles. The molecule has 2 aromatic carbocycles. The van der Waals surface area contributed by atoms with E-state index >= 15 is 0 Å². The Kier molecular flexibility index (Phi) is 4.75. The first kappa shape index (κ1) is 17.7. The number of fused-ring (bicyclic) bond motifs is 2. The molecule has 3 atom stereocenters. The number of ether oxygens (including phenoxy) is 1. The first-order valence-corrected chi connectivity index (χ1v) is 10.4. The Bertz CT molecular complexity index is 967. The van der Waals surface area contributed by atoms with E-state index in [2.05, 4.69) is 46.3 Å². The molecule has 1 aromatic heterocycles.